The molecule has 0 unspecified atom stereocenters. The molecule has 0 aromatic carbocycles. The molecule has 100 valence electrons. The van der Waals surface area contributed by atoms with Crippen molar-refractivity contribution in [3.63, 3.8) is 0 Å². The maximum absolute atomic E-state index is 10.8. The maximum Gasteiger partial charge on any atom is 0.323 e. The van der Waals surface area contributed by atoms with E-state index in [0.29, 0.717) is 17.0 Å². The first-order chi connectivity index (χ1) is 9.15. The molecule has 19 heavy (non-hydrogen) atoms. The number of halogens is 1. The molecule has 8 heteroatoms. The minimum Gasteiger partial charge on any atom is -0.480 e. The summed E-state index contributed by atoms with van der Waals surface area (Å²) in [6, 6.07) is 0. The Morgan fingerprint density at radius 1 is 1.37 bits per heavy atom. The van der Waals surface area contributed by atoms with E-state index in [1.165, 1.54) is 10.9 Å². The highest BCUT2D eigenvalue weighted by Crippen LogP contribution is 2.26. The van der Waals surface area contributed by atoms with Gasteiger partial charge in [-0.3, -0.25) is 4.79 Å². The summed E-state index contributed by atoms with van der Waals surface area (Å²) in [6.07, 6.45) is 3.68. The number of hydrogen-bond acceptors (Lipinski definition) is 5. The molecule has 1 fully saturated rings. The van der Waals surface area contributed by atoms with E-state index in [2.05, 4.69) is 19.9 Å². The van der Waals surface area contributed by atoms with Gasteiger partial charge in [0.2, 0.25) is 5.28 Å². The van der Waals surface area contributed by atoms with Crippen LogP contribution in [0, 0.1) is 0 Å². The van der Waals surface area contributed by atoms with Crippen LogP contribution in [-0.4, -0.2) is 43.7 Å². The van der Waals surface area contributed by atoms with Crippen molar-refractivity contribution in [2.45, 2.75) is 19.4 Å². The molecule has 1 N–H and O–H groups in total. The number of fused-ring (bicyclic) bond motifs is 1. The van der Waals surface area contributed by atoms with E-state index in [9.17, 15) is 4.79 Å². The number of imidazole rings is 1. The zero-order valence-corrected chi connectivity index (χ0v) is 10.8. The van der Waals surface area contributed by atoms with Gasteiger partial charge in [0.05, 0.1) is 6.33 Å². The lowest BCUT2D eigenvalue weighted by Gasteiger charge is -2.16. The van der Waals surface area contributed by atoms with Gasteiger partial charge in [0.25, 0.3) is 0 Å². The van der Waals surface area contributed by atoms with Crippen LogP contribution in [0.15, 0.2) is 6.33 Å². The normalized spacial score (nSPS) is 15.3. The third kappa shape index (κ3) is 2.21. The van der Waals surface area contributed by atoms with Crippen LogP contribution in [0.2, 0.25) is 5.28 Å². The average molecular weight is 282 g/mol. The van der Waals surface area contributed by atoms with E-state index in [0.717, 1.165) is 25.9 Å². The lowest BCUT2D eigenvalue weighted by Crippen LogP contribution is -2.20. The van der Waals surface area contributed by atoms with Gasteiger partial charge in [-0.1, -0.05) is 0 Å². The Morgan fingerprint density at radius 3 is 2.79 bits per heavy atom. The van der Waals surface area contributed by atoms with Crippen molar-refractivity contribution in [3.05, 3.63) is 11.6 Å². The zero-order valence-electron chi connectivity index (χ0n) is 10.1. The highest BCUT2D eigenvalue weighted by molar-refractivity contribution is 6.28. The van der Waals surface area contributed by atoms with Gasteiger partial charge in [-0.15, -0.1) is 0 Å². The van der Waals surface area contributed by atoms with Gasteiger partial charge in [-0.2, -0.15) is 9.97 Å². The van der Waals surface area contributed by atoms with Gasteiger partial charge in [-0.05, 0) is 24.4 Å². The van der Waals surface area contributed by atoms with Crippen molar-refractivity contribution in [1.82, 2.24) is 19.5 Å². The van der Waals surface area contributed by atoms with E-state index in [-0.39, 0.29) is 11.8 Å². The number of aliphatic carboxylic acids is 1. The van der Waals surface area contributed by atoms with E-state index in [1.807, 2.05) is 0 Å². The standard InChI is InChI=1S/C11H12ClN5O2/c12-11-14-9(16-3-1-2-4-16)8-10(15-11)17(6-13-8)5-7(18)19/h6H,1-5H2,(H,18,19). The fourth-order valence-electron chi connectivity index (χ4n) is 2.31. The fraction of sp³-hybridized carbons (Fsp3) is 0.455. The summed E-state index contributed by atoms with van der Waals surface area (Å²) in [5, 5.41) is 8.97. The van der Waals surface area contributed by atoms with Gasteiger partial charge < -0.3 is 14.6 Å². The predicted octanol–water partition coefficient (Wildman–Crippen LogP) is 1.16. The number of carbonyl (C=O) groups is 1. The van der Waals surface area contributed by atoms with Crippen LogP contribution in [0.5, 0.6) is 0 Å². The summed E-state index contributed by atoms with van der Waals surface area (Å²) in [4.78, 5) is 25.5. The Morgan fingerprint density at radius 2 is 2.11 bits per heavy atom. The van der Waals surface area contributed by atoms with Crippen molar-refractivity contribution in [1.29, 1.82) is 0 Å². The summed E-state index contributed by atoms with van der Waals surface area (Å²) >= 11 is 5.93. The lowest BCUT2D eigenvalue weighted by molar-refractivity contribution is -0.137. The van der Waals surface area contributed by atoms with Crippen molar-refractivity contribution < 1.29 is 9.90 Å². The number of hydrogen-bond donors (Lipinski definition) is 1. The Bertz CT molecular complexity index is 635. The van der Waals surface area contributed by atoms with Crippen molar-refractivity contribution in [2.75, 3.05) is 18.0 Å². The van der Waals surface area contributed by atoms with Crippen molar-refractivity contribution >= 4 is 34.6 Å². The van der Waals surface area contributed by atoms with Crippen LogP contribution < -0.4 is 4.90 Å². The molecule has 0 amide bonds. The van der Waals surface area contributed by atoms with Crippen molar-refractivity contribution in [2.24, 2.45) is 0 Å². The van der Waals surface area contributed by atoms with E-state index in [4.69, 9.17) is 16.7 Å². The third-order valence-electron chi connectivity index (χ3n) is 3.13. The first-order valence-corrected chi connectivity index (χ1v) is 6.38. The van der Waals surface area contributed by atoms with Gasteiger partial charge in [0, 0.05) is 13.1 Å². The van der Waals surface area contributed by atoms with Gasteiger partial charge >= 0.3 is 5.97 Å². The van der Waals surface area contributed by atoms with E-state index >= 15 is 0 Å². The predicted molar refractivity (Wildman–Crippen MR) is 69.4 cm³/mol. The SMILES string of the molecule is O=C(O)Cn1cnc2c(N3CCCC3)nc(Cl)nc21. The first kappa shape index (κ1) is 12.2. The number of anilines is 1. The monoisotopic (exact) mass is 281 g/mol. The topological polar surface area (TPSA) is 84.1 Å². The Balaban J connectivity index is 2.12. The van der Waals surface area contributed by atoms with Crippen LogP contribution in [0.1, 0.15) is 12.8 Å². The molecule has 3 rings (SSSR count). The van der Waals surface area contributed by atoms with Crippen LogP contribution in [0.3, 0.4) is 0 Å². The molecule has 0 radical (unpaired) electrons. The largest absolute Gasteiger partial charge is 0.480 e. The maximum atomic E-state index is 10.8. The fourth-order valence-corrected chi connectivity index (χ4v) is 2.47. The Hall–Kier alpha value is -1.89. The number of carboxylic acid groups (broad SMARTS) is 1. The molecule has 0 atom stereocenters. The van der Waals surface area contributed by atoms with Crippen molar-refractivity contribution in [3.8, 4) is 0 Å². The molecular weight excluding hydrogens is 270 g/mol. The highest BCUT2D eigenvalue weighted by Gasteiger charge is 2.21. The lowest BCUT2D eigenvalue weighted by atomic mass is 10.4. The summed E-state index contributed by atoms with van der Waals surface area (Å²) in [5.74, 6) is -0.256. The summed E-state index contributed by atoms with van der Waals surface area (Å²) in [5.41, 5.74) is 1.07. The molecular formula is C11H12ClN5O2. The first-order valence-electron chi connectivity index (χ1n) is 6.00. The highest BCUT2D eigenvalue weighted by atomic mass is 35.5. The second kappa shape index (κ2) is 4.65. The molecule has 0 saturated carbocycles. The van der Waals surface area contributed by atoms with Crippen LogP contribution in [-0.2, 0) is 11.3 Å². The van der Waals surface area contributed by atoms with E-state index < -0.39 is 5.97 Å². The summed E-state index contributed by atoms with van der Waals surface area (Å²) in [6.45, 7) is 1.63. The molecule has 2 aromatic heterocycles. The molecule has 0 bridgehead atoms. The summed E-state index contributed by atoms with van der Waals surface area (Å²) < 4.78 is 1.46. The molecule has 1 saturated heterocycles. The van der Waals surface area contributed by atoms with Gasteiger partial charge in [0.1, 0.15) is 6.54 Å². The smallest absolute Gasteiger partial charge is 0.323 e. The third-order valence-corrected chi connectivity index (χ3v) is 3.30. The molecule has 3 heterocycles. The minimum absolute atomic E-state index is 0.113. The minimum atomic E-state index is -0.947. The quantitative estimate of drug-likeness (QED) is 0.850. The number of carboxylic acids is 1. The molecule has 0 spiro atoms. The zero-order chi connectivity index (χ0) is 13.4. The Kier molecular flexibility index (Phi) is 2.98. The molecule has 1 aliphatic rings. The number of rotatable bonds is 3. The summed E-state index contributed by atoms with van der Waals surface area (Å²) in [7, 11) is 0. The second-order valence-corrected chi connectivity index (χ2v) is 4.79. The number of aromatic nitrogens is 4. The molecule has 2 aromatic rings. The van der Waals surface area contributed by atoms with Crippen LogP contribution >= 0.6 is 11.6 Å². The van der Waals surface area contributed by atoms with Gasteiger partial charge in [0.15, 0.2) is 17.0 Å². The van der Waals surface area contributed by atoms with Crippen LogP contribution in [0.25, 0.3) is 11.2 Å². The van der Waals surface area contributed by atoms with Crippen LogP contribution in [0.4, 0.5) is 5.82 Å². The Labute approximate surface area is 113 Å². The van der Waals surface area contributed by atoms with E-state index in [1.54, 1.807) is 0 Å². The van der Waals surface area contributed by atoms with Gasteiger partial charge in [-0.25, -0.2) is 4.98 Å². The second-order valence-electron chi connectivity index (χ2n) is 4.45. The molecule has 7 nitrogen and oxygen atoms in total. The number of nitrogens with zero attached hydrogens (tertiary/aromatic N) is 5. The molecule has 1 aliphatic heterocycles. The average Bonchev–Trinajstić information content (AvgIpc) is 2.98. The molecule has 0 aliphatic carbocycles.